The molecule has 2 atom stereocenters. The Morgan fingerprint density at radius 1 is 1.16 bits per heavy atom. The first-order valence-electron chi connectivity index (χ1n) is 8.88. The van der Waals surface area contributed by atoms with E-state index in [2.05, 4.69) is 30.8 Å². The molecule has 2 bridgehead atoms. The van der Waals surface area contributed by atoms with E-state index in [4.69, 9.17) is 11.6 Å². The molecule has 25 heavy (non-hydrogen) atoms. The van der Waals surface area contributed by atoms with Crippen molar-refractivity contribution in [3.8, 4) is 5.69 Å². The molecule has 1 aliphatic carbocycles. The molecule has 4 nitrogen and oxygen atoms in total. The number of para-hydroxylation sites is 1. The van der Waals surface area contributed by atoms with Crippen molar-refractivity contribution in [2.75, 3.05) is 11.4 Å². The maximum absolute atomic E-state index is 12.8. The fourth-order valence-corrected chi connectivity index (χ4v) is 5.36. The molecule has 0 unspecified atom stereocenters. The summed E-state index contributed by atoms with van der Waals surface area (Å²) in [4.78, 5) is 15.1. The Morgan fingerprint density at radius 3 is 2.60 bits per heavy atom. The molecule has 2 fully saturated rings. The van der Waals surface area contributed by atoms with Gasteiger partial charge in [0.15, 0.2) is 0 Å². The highest BCUT2D eigenvalue weighted by atomic mass is 35.5. The van der Waals surface area contributed by atoms with E-state index >= 15 is 0 Å². The summed E-state index contributed by atoms with van der Waals surface area (Å²) in [5, 5.41) is 4.68. The van der Waals surface area contributed by atoms with E-state index in [1.807, 2.05) is 30.3 Å². The first kappa shape index (κ1) is 16.6. The zero-order chi connectivity index (χ0) is 17.8. The minimum absolute atomic E-state index is 0.253. The number of anilines is 1. The Hall–Kier alpha value is -1.81. The van der Waals surface area contributed by atoms with E-state index < -0.39 is 0 Å². The smallest absolute Gasteiger partial charge is 0.292 e. The van der Waals surface area contributed by atoms with Crippen molar-refractivity contribution in [1.82, 2.24) is 9.78 Å². The van der Waals surface area contributed by atoms with Gasteiger partial charge < -0.3 is 4.90 Å². The van der Waals surface area contributed by atoms with Crippen molar-refractivity contribution < 1.29 is 0 Å². The standard InChI is InChI=1S/C20H24ClN3O/c1-19(2)9-15-10-20(3,12-19)13-23(15)16-11-22-24(18(25)17(16)21)14-7-5-4-6-8-14/h4-8,11,15H,9-10,12-13H2,1-3H3/t15-,20-/m1/s1. The third-order valence-electron chi connectivity index (χ3n) is 5.63. The van der Waals surface area contributed by atoms with Crippen LogP contribution in [0.5, 0.6) is 0 Å². The zero-order valence-electron chi connectivity index (χ0n) is 15.0. The first-order valence-corrected chi connectivity index (χ1v) is 9.26. The predicted molar refractivity (Wildman–Crippen MR) is 102 cm³/mol. The fourth-order valence-electron chi connectivity index (χ4n) is 5.12. The lowest BCUT2D eigenvalue weighted by Gasteiger charge is -2.39. The summed E-state index contributed by atoms with van der Waals surface area (Å²) in [5.41, 5.74) is 1.87. The number of aromatic nitrogens is 2. The molecule has 0 radical (unpaired) electrons. The van der Waals surface area contributed by atoms with E-state index in [9.17, 15) is 4.79 Å². The van der Waals surface area contributed by atoms with Gasteiger partial charge in [-0.1, -0.05) is 50.6 Å². The second-order valence-corrected chi connectivity index (χ2v) is 9.12. The van der Waals surface area contributed by atoms with Gasteiger partial charge >= 0.3 is 0 Å². The van der Waals surface area contributed by atoms with Crippen LogP contribution in [0.1, 0.15) is 40.0 Å². The number of hydrogen-bond donors (Lipinski definition) is 0. The van der Waals surface area contributed by atoms with E-state index in [0.717, 1.165) is 30.8 Å². The van der Waals surface area contributed by atoms with Crippen molar-refractivity contribution >= 4 is 17.3 Å². The molecule has 2 aromatic rings. The molecule has 1 aromatic carbocycles. The molecule has 5 heteroatoms. The van der Waals surface area contributed by atoms with Gasteiger partial charge in [-0.05, 0) is 42.2 Å². The van der Waals surface area contributed by atoms with E-state index in [1.165, 1.54) is 11.1 Å². The summed E-state index contributed by atoms with van der Waals surface area (Å²) in [7, 11) is 0. The number of fused-ring (bicyclic) bond motifs is 2. The van der Waals surface area contributed by atoms with E-state index in [0.29, 0.717) is 11.5 Å². The Bertz CT molecular complexity index is 861. The molecule has 0 spiro atoms. The third kappa shape index (κ3) is 2.86. The molecule has 2 heterocycles. The summed E-state index contributed by atoms with van der Waals surface area (Å²) in [5.74, 6) is 0. The molecule has 2 aliphatic rings. The van der Waals surface area contributed by atoms with Crippen LogP contribution < -0.4 is 10.5 Å². The lowest BCUT2D eigenvalue weighted by molar-refractivity contribution is 0.136. The number of rotatable bonds is 2. The highest BCUT2D eigenvalue weighted by molar-refractivity contribution is 6.33. The number of hydrogen-bond acceptors (Lipinski definition) is 3. The second kappa shape index (κ2) is 5.60. The molecule has 0 amide bonds. The van der Waals surface area contributed by atoms with Crippen LogP contribution in [0.15, 0.2) is 41.3 Å². The second-order valence-electron chi connectivity index (χ2n) is 8.74. The fraction of sp³-hybridized carbons (Fsp3) is 0.500. The monoisotopic (exact) mass is 357 g/mol. The Labute approximate surface area is 153 Å². The quantitative estimate of drug-likeness (QED) is 0.804. The van der Waals surface area contributed by atoms with Gasteiger partial charge in [0, 0.05) is 12.6 Å². The molecular formula is C20H24ClN3O. The topological polar surface area (TPSA) is 38.1 Å². The van der Waals surface area contributed by atoms with Crippen LogP contribution in [-0.2, 0) is 0 Å². The lowest BCUT2D eigenvalue weighted by Crippen LogP contribution is -2.35. The molecule has 0 N–H and O–H groups in total. The molecule has 1 aliphatic heterocycles. The molecule has 1 saturated carbocycles. The zero-order valence-corrected chi connectivity index (χ0v) is 15.8. The van der Waals surface area contributed by atoms with Gasteiger partial charge in [0.1, 0.15) is 5.02 Å². The Balaban J connectivity index is 1.73. The summed E-state index contributed by atoms with van der Waals surface area (Å²) in [6.07, 6.45) is 5.25. The number of nitrogens with zero attached hydrogens (tertiary/aromatic N) is 3. The highest BCUT2D eigenvalue weighted by Crippen LogP contribution is 2.53. The average Bonchev–Trinajstić information content (AvgIpc) is 2.79. The van der Waals surface area contributed by atoms with Crippen molar-refractivity contribution in [1.29, 1.82) is 0 Å². The molecule has 1 saturated heterocycles. The molecule has 1 aromatic heterocycles. The lowest BCUT2D eigenvalue weighted by atomic mass is 9.65. The van der Waals surface area contributed by atoms with Crippen LogP contribution in [0.3, 0.4) is 0 Å². The minimum atomic E-state index is -0.253. The van der Waals surface area contributed by atoms with Crippen LogP contribution >= 0.6 is 11.6 Å². The van der Waals surface area contributed by atoms with Gasteiger partial charge in [0.05, 0.1) is 17.6 Å². The van der Waals surface area contributed by atoms with Gasteiger partial charge in [-0.3, -0.25) is 4.79 Å². The van der Waals surface area contributed by atoms with Gasteiger partial charge in [0.25, 0.3) is 5.56 Å². The summed E-state index contributed by atoms with van der Waals surface area (Å²) in [6, 6.07) is 9.83. The average molecular weight is 358 g/mol. The van der Waals surface area contributed by atoms with Crippen molar-refractivity contribution in [3.05, 3.63) is 51.9 Å². The van der Waals surface area contributed by atoms with Crippen LogP contribution in [0.4, 0.5) is 5.69 Å². The maximum atomic E-state index is 12.8. The molecular weight excluding hydrogens is 334 g/mol. The van der Waals surface area contributed by atoms with Gasteiger partial charge in [-0.15, -0.1) is 0 Å². The largest absolute Gasteiger partial charge is 0.365 e. The molecule has 4 rings (SSSR count). The van der Waals surface area contributed by atoms with Crippen LogP contribution in [0.2, 0.25) is 5.02 Å². The van der Waals surface area contributed by atoms with E-state index in [-0.39, 0.29) is 16.0 Å². The van der Waals surface area contributed by atoms with Gasteiger partial charge in [-0.25, -0.2) is 0 Å². The Kier molecular flexibility index (Phi) is 3.73. The van der Waals surface area contributed by atoms with Gasteiger partial charge in [0.2, 0.25) is 0 Å². The highest BCUT2D eigenvalue weighted by Gasteiger charge is 2.50. The predicted octanol–water partition coefficient (Wildman–Crippen LogP) is 4.29. The third-order valence-corrected chi connectivity index (χ3v) is 5.98. The van der Waals surface area contributed by atoms with Crippen molar-refractivity contribution in [2.24, 2.45) is 10.8 Å². The summed E-state index contributed by atoms with van der Waals surface area (Å²) < 4.78 is 1.37. The SMILES string of the molecule is CC1(C)C[C@@H]2C[C@@](C)(CN2c2cnn(-c3ccccc3)c(=O)c2Cl)C1. The number of benzene rings is 1. The summed E-state index contributed by atoms with van der Waals surface area (Å²) >= 11 is 6.52. The van der Waals surface area contributed by atoms with Crippen LogP contribution in [0, 0.1) is 10.8 Å². The maximum Gasteiger partial charge on any atom is 0.292 e. The Morgan fingerprint density at radius 2 is 1.88 bits per heavy atom. The molecule has 132 valence electrons. The summed E-state index contributed by atoms with van der Waals surface area (Å²) in [6.45, 7) is 7.98. The first-order chi connectivity index (χ1) is 11.8. The normalized spacial score (nSPS) is 27.5. The minimum Gasteiger partial charge on any atom is -0.365 e. The van der Waals surface area contributed by atoms with Crippen LogP contribution in [-0.4, -0.2) is 22.4 Å². The van der Waals surface area contributed by atoms with Crippen LogP contribution in [0.25, 0.3) is 5.69 Å². The van der Waals surface area contributed by atoms with E-state index in [1.54, 1.807) is 6.20 Å². The van der Waals surface area contributed by atoms with Gasteiger partial charge in [-0.2, -0.15) is 9.78 Å². The number of halogens is 1. The van der Waals surface area contributed by atoms with Crippen molar-refractivity contribution in [3.63, 3.8) is 0 Å². The van der Waals surface area contributed by atoms with Crippen molar-refractivity contribution in [2.45, 2.75) is 46.1 Å².